The van der Waals surface area contributed by atoms with Crippen molar-refractivity contribution < 1.29 is 4.74 Å². The van der Waals surface area contributed by atoms with E-state index in [0.717, 1.165) is 5.56 Å². The lowest BCUT2D eigenvalue weighted by Crippen LogP contribution is -2.35. The quantitative estimate of drug-likeness (QED) is 0.680. The second-order valence-corrected chi connectivity index (χ2v) is 4.26. The first-order chi connectivity index (χ1) is 6.36. The van der Waals surface area contributed by atoms with Crippen molar-refractivity contribution in [3.8, 4) is 5.88 Å². The van der Waals surface area contributed by atoms with Gasteiger partial charge in [0, 0.05) is 17.3 Å². The Kier molecular flexibility index (Phi) is 2.64. The zero-order valence-corrected chi connectivity index (χ0v) is 9.29. The number of nitrogens with zero attached hydrogens (tertiary/aromatic N) is 2. The van der Waals surface area contributed by atoms with E-state index in [1.807, 2.05) is 27.7 Å². The van der Waals surface area contributed by atoms with Gasteiger partial charge >= 0.3 is 5.69 Å². The van der Waals surface area contributed by atoms with Gasteiger partial charge in [-0.2, -0.15) is 4.98 Å². The number of hydrogen-bond acceptors (Lipinski definition) is 3. The highest BCUT2D eigenvalue weighted by molar-refractivity contribution is 5.20. The van der Waals surface area contributed by atoms with Gasteiger partial charge in [-0.25, -0.2) is 4.79 Å². The van der Waals surface area contributed by atoms with Crippen molar-refractivity contribution in [3.05, 3.63) is 22.2 Å². The molecule has 1 rings (SSSR count). The number of aromatic nitrogens is 2. The molecule has 0 aliphatic rings. The van der Waals surface area contributed by atoms with Gasteiger partial charge in [0.15, 0.2) is 0 Å². The normalized spacial score (nSPS) is 11.5. The van der Waals surface area contributed by atoms with Crippen molar-refractivity contribution in [3.63, 3.8) is 0 Å². The molecule has 0 saturated heterocycles. The van der Waals surface area contributed by atoms with Gasteiger partial charge < -0.3 is 4.74 Å². The maximum atomic E-state index is 11.6. The lowest BCUT2D eigenvalue weighted by molar-refractivity contribution is 0.353. The molecule has 1 heterocycles. The number of ether oxygens (including phenoxy) is 1. The van der Waals surface area contributed by atoms with Crippen LogP contribution in [0.5, 0.6) is 5.88 Å². The minimum absolute atomic E-state index is 0.249. The highest BCUT2D eigenvalue weighted by Gasteiger charge is 2.16. The number of methoxy groups -OCH3 is 1. The summed E-state index contributed by atoms with van der Waals surface area (Å²) in [6.07, 6.45) is 1.77. The largest absolute Gasteiger partial charge is 0.481 e. The van der Waals surface area contributed by atoms with E-state index in [-0.39, 0.29) is 11.2 Å². The molecular formula is C10H16N2O2. The zero-order chi connectivity index (χ0) is 10.9. The molecule has 14 heavy (non-hydrogen) atoms. The minimum atomic E-state index is -0.278. The summed E-state index contributed by atoms with van der Waals surface area (Å²) in [5.74, 6) is 0.399. The third-order valence-corrected chi connectivity index (χ3v) is 1.98. The topological polar surface area (TPSA) is 44.1 Å². The molecule has 4 heteroatoms. The number of rotatable bonds is 1. The van der Waals surface area contributed by atoms with Gasteiger partial charge in [-0.05, 0) is 27.7 Å². The Balaban J connectivity index is 3.37. The lowest BCUT2D eigenvalue weighted by Gasteiger charge is -2.22. The first-order valence-corrected chi connectivity index (χ1v) is 4.51. The fraction of sp³-hybridized carbons (Fsp3) is 0.600. The molecule has 0 unspecified atom stereocenters. The second-order valence-electron chi connectivity index (χ2n) is 4.26. The molecule has 1 aromatic heterocycles. The van der Waals surface area contributed by atoms with E-state index in [1.54, 1.807) is 10.8 Å². The maximum absolute atomic E-state index is 11.6. The van der Waals surface area contributed by atoms with Crippen LogP contribution in [0.4, 0.5) is 0 Å². The van der Waals surface area contributed by atoms with E-state index in [4.69, 9.17) is 4.74 Å². The second kappa shape index (κ2) is 3.44. The molecule has 0 N–H and O–H groups in total. The summed E-state index contributed by atoms with van der Waals surface area (Å²) in [5, 5.41) is 0. The molecule has 0 aliphatic carbocycles. The van der Waals surface area contributed by atoms with Crippen LogP contribution in [-0.4, -0.2) is 16.7 Å². The summed E-state index contributed by atoms with van der Waals surface area (Å²) in [6.45, 7) is 7.75. The minimum Gasteiger partial charge on any atom is -0.481 e. The maximum Gasteiger partial charge on any atom is 0.351 e. The lowest BCUT2D eigenvalue weighted by atomic mass is 10.1. The van der Waals surface area contributed by atoms with Crippen LogP contribution in [0, 0.1) is 6.92 Å². The average molecular weight is 196 g/mol. The van der Waals surface area contributed by atoms with Gasteiger partial charge in [0.25, 0.3) is 0 Å². The van der Waals surface area contributed by atoms with Crippen molar-refractivity contribution in [1.82, 2.24) is 9.55 Å². The fourth-order valence-electron chi connectivity index (χ4n) is 1.22. The van der Waals surface area contributed by atoms with E-state index >= 15 is 0 Å². The van der Waals surface area contributed by atoms with Crippen LogP contribution in [0.2, 0.25) is 0 Å². The fourth-order valence-corrected chi connectivity index (χ4v) is 1.22. The molecule has 4 nitrogen and oxygen atoms in total. The van der Waals surface area contributed by atoms with E-state index < -0.39 is 0 Å². The van der Waals surface area contributed by atoms with Crippen molar-refractivity contribution in [2.24, 2.45) is 0 Å². The van der Waals surface area contributed by atoms with Gasteiger partial charge in [-0.1, -0.05) is 0 Å². The van der Waals surface area contributed by atoms with Crippen LogP contribution in [0.15, 0.2) is 11.0 Å². The van der Waals surface area contributed by atoms with Crippen LogP contribution in [-0.2, 0) is 5.54 Å². The zero-order valence-electron chi connectivity index (χ0n) is 9.29. The summed E-state index contributed by atoms with van der Waals surface area (Å²) in [7, 11) is 1.51. The number of hydrogen-bond donors (Lipinski definition) is 0. The summed E-state index contributed by atoms with van der Waals surface area (Å²) >= 11 is 0. The molecule has 0 aliphatic heterocycles. The Morgan fingerprint density at radius 1 is 1.43 bits per heavy atom. The molecule has 0 atom stereocenters. The smallest absolute Gasteiger partial charge is 0.351 e. The molecule has 0 aromatic carbocycles. The highest BCUT2D eigenvalue weighted by Crippen LogP contribution is 2.15. The van der Waals surface area contributed by atoms with Crippen molar-refractivity contribution in [1.29, 1.82) is 0 Å². The van der Waals surface area contributed by atoms with Gasteiger partial charge in [-0.15, -0.1) is 0 Å². The number of aryl methyl sites for hydroxylation is 1. The molecule has 78 valence electrons. The van der Waals surface area contributed by atoms with Gasteiger partial charge in [-0.3, -0.25) is 4.57 Å². The Bertz CT molecular complexity index is 388. The average Bonchev–Trinajstić information content (AvgIpc) is 2.06. The molecule has 0 amide bonds. The Labute approximate surface area is 83.5 Å². The van der Waals surface area contributed by atoms with Crippen LogP contribution in [0.3, 0.4) is 0 Å². The third kappa shape index (κ3) is 1.95. The summed E-state index contributed by atoms with van der Waals surface area (Å²) in [4.78, 5) is 15.4. The SMILES string of the molecule is COc1nc(=O)n(C(C)(C)C)cc1C. The van der Waals surface area contributed by atoms with Crippen LogP contribution in [0.1, 0.15) is 26.3 Å². The van der Waals surface area contributed by atoms with Crippen LogP contribution < -0.4 is 10.4 Å². The first-order valence-electron chi connectivity index (χ1n) is 4.51. The third-order valence-electron chi connectivity index (χ3n) is 1.98. The molecular weight excluding hydrogens is 180 g/mol. The van der Waals surface area contributed by atoms with Gasteiger partial charge in [0.1, 0.15) is 0 Å². The predicted molar refractivity (Wildman–Crippen MR) is 54.8 cm³/mol. The van der Waals surface area contributed by atoms with Crippen molar-refractivity contribution in [2.45, 2.75) is 33.2 Å². The van der Waals surface area contributed by atoms with E-state index in [1.165, 1.54) is 7.11 Å². The Morgan fingerprint density at radius 2 is 2.00 bits per heavy atom. The summed E-state index contributed by atoms with van der Waals surface area (Å²) in [6, 6.07) is 0. The Hall–Kier alpha value is -1.32. The molecule has 0 bridgehead atoms. The standard InChI is InChI=1S/C10H16N2O2/c1-7-6-12(10(2,3)4)9(13)11-8(7)14-5/h6H,1-5H3. The van der Waals surface area contributed by atoms with Crippen molar-refractivity contribution in [2.75, 3.05) is 7.11 Å². The first kappa shape index (κ1) is 10.8. The molecule has 0 spiro atoms. The van der Waals surface area contributed by atoms with E-state index in [9.17, 15) is 4.79 Å². The molecule has 1 aromatic rings. The predicted octanol–water partition coefficient (Wildman–Crippen LogP) is 1.32. The summed E-state index contributed by atoms with van der Waals surface area (Å²) < 4.78 is 6.57. The van der Waals surface area contributed by atoms with Gasteiger partial charge in [0.2, 0.25) is 5.88 Å². The van der Waals surface area contributed by atoms with E-state index in [0.29, 0.717) is 5.88 Å². The molecule has 0 fully saturated rings. The summed E-state index contributed by atoms with van der Waals surface area (Å²) in [5.41, 5.74) is 0.336. The van der Waals surface area contributed by atoms with E-state index in [2.05, 4.69) is 4.98 Å². The van der Waals surface area contributed by atoms with Gasteiger partial charge in [0.05, 0.1) is 7.11 Å². The van der Waals surface area contributed by atoms with Crippen LogP contribution in [0.25, 0.3) is 0 Å². The highest BCUT2D eigenvalue weighted by atomic mass is 16.5. The monoisotopic (exact) mass is 196 g/mol. The van der Waals surface area contributed by atoms with Crippen molar-refractivity contribution >= 4 is 0 Å². The molecule has 0 radical (unpaired) electrons. The van der Waals surface area contributed by atoms with Crippen LogP contribution >= 0.6 is 0 Å². The Morgan fingerprint density at radius 3 is 2.43 bits per heavy atom. The molecule has 0 saturated carbocycles.